The van der Waals surface area contributed by atoms with Gasteiger partial charge in [-0.2, -0.15) is 0 Å². The molecule has 2 N–H and O–H groups in total. The van der Waals surface area contributed by atoms with Crippen LogP contribution in [0, 0.1) is 5.92 Å². The lowest BCUT2D eigenvalue weighted by Gasteiger charge is -2.20. The maximum Gasteiger partial charge on any atom is 0.129 e. The fraction of sp³-hybridized carbons (Fsp3) is 0.636. The summed E-state index contributed by atoms with van der Waals surface area (Å²) in [5.41, 5.74) is 1.01. The average molecular weight is 209 g/mol. The third-order valence-corrected chi connectivity index (χ3v) is 2.42. The molecule has 1 aromatic heterocycles. The van der Waals surface area contributed by atoms with E-state index in [1.807, 2.05) is 6.07 Å². The van der Waals surface area contributed by atoms with Gasteiger partial charge >= 0.3 is 0 Å². The molecule has 84 valence electrons. The van der Waals surface area contributed by atoms with Gasteiger partial charge < -0.3 is 10.4 Å². The van der Waals surface area contributed by atoms with Crippen molar-refractivity contribution in [2.75, 3.05) is 11.9 Å². The second kappa shape index (κ2) is 5.66. The van der Waals surface area contributed by atoms with Crippen LogP contribution in [0.2, 0.25) is 0 Å². The fourth-order valence-corrected chi connectivity index (χ4v) is 1.28. The van der Waals surface area contributed by atoms with Crippen LogP contribution in [0.4, 0.5) is 5.82 Å². The number of aromatic nitrogens is 2. The number of nitrogens with zero attached hydrogens (tertiary/aromatic N) is 2. The Kier molecular flexibility index (Phi) is 4.49. The molecule has 0 radical (unpaired) electrons. The number of anilines is 1. The summed E-state index contributed by atoms with van der Waals surface area (Å²) >= 11 is 0. The van der Waals surface area contributed by atoms with Crippen LogP contribution in [0.3, 0.4) is 0 Å². The van der Waals surface area contributed by atoms with Crippen molar-refractivity contribution in [1.82, 2.24) is 9.97 Å². The molecule has 15 heavy (non-hydrogen) atoms. The second-order valence-corrected chi connectivity index (χ2v) is 3.93. The van der Waals surface area contributed by atoms with E-state index in [1.165, 1.54) is 0 Å². The molecule has 0 saturated heterocycles. The summed E-state index contributed by atoms with van der Waals surface area (Å²) in [6.07, 6.45) is 2.44. The predicted molar refractivity (Wildman–Crippen MR) is 60.7 cm³/mol. The third-order valence-electron chi connectivity index (χ3n) is 2.42. The summed E-state index contributed by atoms with van der Waals surface area (Å²) in [5, 5.41) is 12.4. The van der Waals surface area contributed by atoms with E-state index < -0.39 is 0 Å². The Morgan fingerprint density at radius 3 is 2.67 bits per heavy atom. The van der Waals surface area contributed by atoms with Gasteiger partial charge in [0.15, 0.2) is 0 Å². The maximum atomic E-state index is 9.18. The molecule has 1 heterocycles. The Morgan fingerprint density at radius 2 is 2.13 bits per heavy atom. The number of aliphatic hydroxyl groups excluding tert-OH is 1. The molecule has 0 fully saturated rings. The molecule has 4 nitrogen and oxygen atoms in total. The Labute approximate surface area is 90.8 Å². The van der Waals surface area contributed by atoms with Crippen LogP contribution in [-0.4, -0.2) is 27.7 Å². The van der Waals surface area contributed by atoms with Crippen molar-refractivity contribution in [1.29, 1.82) is 0 Å². The molecule has 0 aromatic carbocycles. The summed E-state index contributed by atoms with van der Waals surface area (Å²) in [5.74, 6) is 1.16. The largest absolute Gasteiger partial charge is 0.394 e. The smallest absolute Gasteiger partial charge is 0.129 e. The van der Waals surface area contributed by atoms with Gasteiger partial charge in [-0.25, -0.2) is 9.97 Å². The highest BCUT2D eigenvalue weighted by molar-refractivity contribution is 5.36. The van der Waals surface area contributed by atoms with Crippen molar-refractivity contribution < 1.29 is 5.11 Å². The fourth-order valence-electron chi connectivity index (χ4n) is 1.28. The summed E-state index contributed by atoms with van der Waals surface area (Å²) < 4.78 is 0. The zero-order chi connectivity index (χ0) is 11.3. The summed E-state index contributed by atoms with van der Waals surface area (Å²) in [7, 11) is 0. The van der Waals surface area contributed by atoms with Gasteiger partial charge in [-0.15, -0.1) is 0 Å². The van der Waals surface area contributed by atoms with Gasteiger partial charge in [0.2, 0.25) is 0 Å². The molecular weight excluding hydrogens is 190 g/mol. The molecule has 4 heteroatoms. The monoisotopic (exact) mass is 209 g/mol. The van der Waals surface area contributed by atoms with Crippen molar-refractivity contribution in [2.45, 2.75) is 33.2 Å². The van der Waals surface area contributed by atoms with Gasteiger partial charge in [-0.3, -0.25) is 0 Å². The van der Waals surface area contributed by atoms with Gasteiger partial charge in [-0.1, -0.05) is 20.8 Å². The number of aryl methyl sites for hydroxylation is 1. The van der Waals surface area contributed by atoms with E-state index in [4.69, 9.17) is 0 Å². The van der Waals surface area contributed by atoms with E-state index in [1.54, 1.807) is 6.33 Å². The standard InChI is InChI=1S/C11H19N3O/c1-4-9-5-11(13-7-12-9)14-10(6-15)8(2)3/h5,7-8,10,15H,4,6H2,1-3H3,(H,12,13,14). The zero-order valence-corrected chi connectivity index (χ0v) is 9.57. The first-order valence-electron chi connectivity index (χ1n) is 5.35. The number of nitrogens with one attached hydrogen (secondary N) is 1. The van der Waals surface area contributed by atoms with Crippen molar-refractivity contribution >= 4 is 5.82 Å². The number of rotatable bonds is 5. The van der Waals surface area contributed by atoms with Crippen molar-refractivity contribution in [2.24, 2.45) is 5.92 Å². The summed E-state index contributed by atoms with van der Waals surface area (Å²) in [6, 6.07) is 1.97. The lowest BCUT2D eigenvalue weighted by atomic mass is 10.1. The van der Waals surface area contributed by atoms with Crippen LogP contribution >= 0.6 is 0 Å². The SMILES string of the molecule is CCc1cc(NC(CO)C(C)C)ncn1. The molecule has 0 aliphatic heterocycles. The van der Waals surface area contributed by atoms with Crippen LogP contribution in [0.25, 0.3) is 0 Å². The van der Waals surface area contributed by atoms with Crippen molar-refractivity contribution in [3.05, 3.63) is 18.1 Å². The van der Waals surface area contributed by atoms with Gasteiger partial charge in [0.25, 0.3) is 0 Å². The highest BCUT2D eigenvalue weighted by Crippen LogP contribution is 2.10. The zero-order valence-electron chi connectivity index (χ0n) is 9.57. The lowest BCUT2D eigenvalue weighted by molar-refractivity contribution is 0.249. The van der Waals surface area contributed by atoms with Gasteiger partial charge in [0.1, 0.15) is 12.1 Å². The van der Waals surface area contributed by atoms with Crippen molar-refractivity contribution in [3.63, 3.8) is 0 Å². The number of hydrogen-bond donors (Lipinski definition) is 2. The van der Waals surface area contributed by atoms with Crippen LogP contribution < -0.4 is 5.32 Å². The molecule has 1 aromatic rings. The highest BCUT2D eigenvalue weighted by Gasteiger charge is 2.12. The van der Waals surface area contributed by atoms with E-state index in [9.17, 15) is 5.11 Å². The predicted octanol–water partition coefficient (Wildman–Crippen LogP) is 1.47. The first kappa shape index (κ1) is 11.9. The van der Waals surface area contributed by atoms with E-state index in [0.717, 1.165) is 17.9 Å². The van der Waals surface area contributed by atoms with Crippen LogP contribution in [0.5, 0.6) is 0 Å². The average Bonchev–Trinajstić information content (AvgIpc) is 2.25. The quantitative estimate of drug-likeness (QED) is 0.771. The van der Waals surface area contributed by atoms with E-state index in [2.05, 4.69) is 36.1 Å². The Bertz CT molecular complexity index is 302. The molecule has 0 aliphatic carbocycles. The van der Waals surface area contributed by atoms with Gasteiger partial charge in [-0.05, 0) is 12.3 Å². The third kappa shape index (κ3) is 3.47. The maximum absolute atomic E-state index is 9.18. The molecule has 0 aliphatic rings. The molecule has 0 spiro atoms. The minimum absolute atomic E-state index is 0.0459. The molecule has 0 bridgehead atoms. The summed E-state index contributed by atoms with van der Waals surface area (Å²) in [4.78, 5) is 8.25. The minimum Gasteiger partial charge on any atom is -0.394 e. The first-order valence-corrected chi connectivity index (χ1v) is 5.35. The van der Waals surface area contributed by atoms with Crippen molar-refractivity contribution in [3.8, 4) is 0 Å². The molecule has 1 rings (SSSR count). The van der Waals surface area contributed by atoms with Crippen LogP contribution in [-0.2, 0) is 6.42 Å². The van der Waals surface area contributed by atoms with E-state index in [0.29, 0.717) is 5.92 Å². The molecular formula is C11H19N3O. The first-order chi connectivity index (χ1) is 7.17. The Hall–Kier alpha value is -1.16. The van der Waals surface area contributed by atoms with Crippen LogP contribution in [0.1, 0.15) is 26.5 Å². The molecule has 0 saturated carbocycles. The topological polar surface area (TPSA) is 58.0 Å². The lowest BCUT2D eigenvalue weighted by Crippen LogP contribution is -2.29. The van der Waals surface area contributed by atoms with Crippen LogP contribution in [0.15, 0.2) is 12.4 Å². The Balaban J connectivity index is 2.70. The molecule has 1 unspecified atom stereocenters. The Morgan fingerprint density at radius 1 is 1.40 bits per heavy atom. The minimum atomic E-state index is 0.0459. The molecule has 0 amide bonds. The highest BCUT2D eigenvalue weighted by atomic mass is 16.3. The number of hydrogen-bond acceptors (Lipinski definition) is 4. The van der Waals surface area contributed by atoms with Gasteiger partial charge in [0.05, 0.1) is 12.6 Å². The normalized spacial score (nSPS) is 12.9. The summed E-state index contributed by atoms with van der Waals surface area (Å²) in [6.45, 7) is 6.30. The van der Waals surface area contributed by atoms with Gasteiger partial charge in [0, 0.05) is 11.8 Å². The van der Waals surface area contributed by atoms with E-state index >= 15 is 0 Å². The van der Waals surface area contributed by atoms with E-state index in [-0.39, 0.29) is 12.6 Å². The molecule has 1 atom stereocenters. The number of aliphatic hydroxyl groups is 1. The second-order valence-electron chi connectivity index (χ2n) is 3.93.